The molecule has 0 aliphatic carbocycles. The Kier molecular flexibility index (Phi) is 10.7. The second-order valence-electron chi connectivity index (χ2n) is 9.33. The number of anilines is 1. The van der Waals surface area contributed by atoms with Crippen LogP contribution in [-0.4, -0.2) is 46.6 Å². The summed E-state index contributed by atoms with van der Waals surface area (Å²) in [5.74, 6) is -0.0908. The number of nitrogens with zero attached hydrogens (tertiary/aromatic N) is 2. The molecule has 0 radical (unpaired) electrons. The molecular weight excluding hydrogens is 506 g/mol. The summed E-state index contributed by atoms with van der Waals surface area (Å²) < 4.78 is 6.87. The summed E-state index contributed by atoms with van der Waals surface area (Å²) in [4.78, 5) is 25.3. The van der Waals surface area contributed by atoms with E-state index in [1.807, 2.05) is 26.1 Å². The van der Waals surface area contributed by atoms with E-state index in [9.17, 15) is 14.7 Å². The van der Waals surface area contributed by atoms with Crippen LogP contribution < -0.4 is 16.0 Å². The number of hydrogen-bond acceptors (Lipinski definition) is 6. The maximum absolute atomic E-state index is 13.1. The fourth-order valence-electron chi connectivity index (χ4n) is 4.31. The SMILES string of the molecule is CNC(CO)CCC(C)c1c(C)nn(C)c1C(=O)NCc1ccc(NC(=O)OCc2ccc(Cl)cc2)cc1. The zero-order valence-corrected chi connectivity index (χ0v) is 23.0. The first-order valence-corrected chi connectivity index (χ1v) is 13.0. The van der Waals surface area contributed by atoms with Crippen LogP contribution >= 0.6 is 11.6 Å². The first kappa shape index (κ1) is 29.2. The third kappa shape index (κ3) is 8.05. The van der Waals surface area contributed by atoms with Gasteiger partial charge in [-0.2, -0.15) is 5.10 Å². The molecule has 204 valence electrons. The topological polar surface area (TPSA) is 118 Å². The maximum Gasteiger partial charge on any atom is 0.411 e. The Labute approximate surface area is 228 Å². The van der Waals surface area contributed by atoms with E-state index in [0.717, 1.165) is 35.2 Å². The van der Waals surface area contributed by atoms with E-state index in [1.165, 1.54) is 0 Å². The van der Waals surface area contributed by atoms with Gasteiger partial charge in [-0.25, -0.2) is 4.79 Å². The molecule has 3 aromatic rings. The minimum atomic E-state index is -0.561. The highest BCUT2D eigenvalue weighted by molar-refractivity contribution is 6.30. The predicted octanol–water partition coefficient (Wildman–Crippen LogP) is 4.52. The number of amides is 2. The van der Waals surface area contributed by atoms with Crippen molar-refractivity contribution in [2.45, 2.75) is 51.8 Å². The highest BCUT2D eigenvalue weighted by atomic mass is 35.5. The standard InChI is InChI=1S/C28H36ClN5O4/c1-18(5-12-24(16-35)30-3)25-19(2)33-34(4)26(25)27(36)31-15-20-8-13-23(14-9-20)32-28(37)38-17-21-6-10-22(29)11-7-21/h6-11,13-14,18,24,30,35H,5,12,15-17H2,1-4H3,(H,31,36)(H,32,37). The molecule has 38 heavy (non-hydrogen) atoms. The van der Waals surface area contributed by atoms with Gasteiger partial charge >= 0.3 is 6.09 Å². The van der Waals surface area contributed by atoms with Crippen LogP contribution in [0.2, 0.25) is 5.02 Å². The van der Waals surface area contributed by atoms with Crippen molar-refractivity contribution in [3.05, 3.63) is 81.6 Å². The summed E-state index contributed by atoms with van der Waals surface area (Å²) >= 11 is 5.87. The lowest BCUT2D eigenvalue weighted by molar-refractivity contribution is 0.0939. The highest BCUT2D eigenvalue weighted by Crippen LogP contribution is 2.28. The maximum atomic E-state index is 13.1. The van der Waals surface area contributed by atoms with Gasteiger partial charge in [-0.15, -0.1) is 0 Å². The molecule has 0 aliphatic heterocycles. The average molecular weight is 542 g/mol. The van der Waals surface area contributed by atoms with Crippen molar-refractivity contribution < 1.29 is 19.4 Å². The molecule has 0 fully saturated rings. The Balaban J connectivity index is 1.54. The molecule has 4 N–H and O–H groups in total. The quantitative estimate of drug-likeness (QED) is 0.268. The van der Waals surface area contributed by atoms with E-state index in [2.05, 4.69) is 28.0 Å². The molecule has 2 aromatic carbocycles. The van der Waals surface area contributed by atoms with Crippen molar-refractivity contribution >= 4 is 29.3 Å². The Bertz CT molecular complexity index is 1210. The van der Waals surface area contributed by atoms with Gasteiger partial charge in [0.2, 0.25) is 0 Å². The van der Waals surface area contributed by atoms with Crippen LogP contribution in [0.3, 0.4) is 0 Å². The Morgan fingerprint density at radius 2 is 1.74 bits per heavy atom. The fraction of sp³-hybridized carbons (Fsp3) is 0.393. The van der Waals surface area contributed by atoms with Crippen molar-refractivity contribution in [3.8, 4) is 0 Å². The van der Waals surface area contributed by atoms with Crippen LogP contribution in [0.15, 0.2) is 48.5 Å². The van der Waals surface area contributed by atoms with Crippen LogP contribution in [0.4, 0.5) is 10.5 Å². The first-order valence-electron chi connectivity index (χ1n) is 12.6. The molecule has 0 aliphatic rings. The van der Waals surface area contributed by atoms with E-state index >= 15 is 0 Å². The molecule has 0 saturated carbocycles. The van der Waals surface area contributed by atoms with Crippen molar-refractivity contribution in [1.82, 2.24) is 20.4 Å². The van der Waals surface area contributed by atoms with Crippen molar-refractivity contribution in [2.24, 2.45) is 7.05 Å². The summed E-state index contributed by atoms with van der Waals surface area (Å²) in [5.41, 5.74) is 4.60. The van der Waals surface area contributed by atoms with Crippen LogP contribution in [-0.2, 0) is 24.9 Å². The molecule has 0 saturated heterocycles. The second kappa shape index (κ2) is 13.9. The molecule has 2 amide bonds. The summed E-state index contributed by atoms with van der Waals surface area (Å²) in [5, 5.41) is 23.3. The zero-order valence-electron chi connectivity index (χ0n) is 22.3. The van der Waals surface area contributed by atoms with Crippen LogP contribution in [0.5, 0.6) is 0 Å². The number of benzene rings is 2. The number of carbonyl (C=O) groups excluding carboxylic acids is 2. The van der Waals surface area contributed by atoms with Crippen LogP contribution in [0.1, 0.15) is 58.6 Å². The molecule has 10 heteroatoms. The van der Waals surface area contributed by atoms with Crippen LogP contribution in [0, 0.1) is 6.92 Å². The van der Waals surface area contributed by atoms with Gasteiger partial charge in [0.15, 0.2) is 0 Å². The van der Waals surface area contributed by atoms with Gasteiger partial charge < -0.3 is 20.5 Å². The summed E-state index contributed by atoms with van der Waals surface area (Å²) in [6.45, 7) is 4.53. The number of carbonyl (C=O) groups is 2. The van der Waals surface area contributed by atoms with Gasteiger partial charge in [-0.3, -0.25) is 14.8 Å². The molecule has 2 unspecified atom stereocenters. The lowest BCUT2D eigenvalue weighted by atomic mass is 9.92. The minimum Gasteiger partial charge on any atom is -0.444 e. The second-order valence-corrected chi connectivity index (χ2v) is 9.76. The van der Waals surface area contributed by atoms with E-state index in [1.54, 1.807) is 48.1 Å². The van der Waals surface area contributed by atoms with Crippen molar-refractivity contribution in [2.75, 3.05) is 19.0 Å². The predicted molar refractivity (Wildman–Crippen MR) is 148 cm³/mol. The number of rotatable bonds is 12. The highest BCUT2D eigenvalue weighted by Gasteiger charge is 2.24. The number of halogens is 1. The van der Waals surface area contributed by atoms with Gasteiger partial charge in [-0.1, -0.05) is 42.8 Å². The van der Waals surface area contributed by atoms with E-state index in [-0.39, 0.29) is 31.1 Å². The number of aliphatic hydroxyl groups excluding tert-OH is 1. The molecule has 3 rings (SSSR count). The largest absolute Gasteiger partial charge is 0.444 e. The average Bonchev–Trinajstić information content (AvgIpc) is 3.21. The van der Waals surface area contributed by atoms with E-state index in [0.29, 0.717) is 22.9 Å². The normalized spacial score (nSPS) is 12.6. The number of nitrogens with one attached hydrogen (secondary N) is 3. The Hall–Kier alpha value is -3.40. The third-order valence-corrected chi connectivity index (χ3v) is 6.74. The molecule has 1 aromatic heterocycles. The lowest BCUT2D eigenvalue weighted by Crippen LogP contribution is -2.29. The number of ether oxygens (including phenoxy) is 1. The third-order valence-electron chi connectivity index (χ3n) is 6.49. The van der Waals surface area contributed by atoms with E-state index in [4.69, 9.17) is 16.3 Å². The number of aryl methyl sites for hydroxylation is 2. The molecule has 0 bridgehead atoms. The first-order chi connectivity index (χ1) is 18.2. The molecule has 1 heterocycles. The van der Waals surface area contributed by atoms with Crippen molar-refractivity contribution in [3.63, 3.8) is 0 Å². The fourth-order valence-corrected chi connectivity index (χ4v) is 4.44. The Morgan fingerprint density at radius 1 is 1.08 bits per heavy atom. The summed E-state index contributed by atoms with van der Waals surface area (Å²) in [6, 6.07) is 14.3. The summed E-state index contributed by atoms with van der Waals surface area (Å²) in [7, 11) is 3.60. The summed E-state index contributed by atoms with van der Waals surface area (Å²) in [6.07, 6.45) is 1.04. The molecule has 9 nitrogen and oxygen atoms in total. The molecule has 0 spiro atoms. The van der Waals surface area contributed by atoms with Gasteiger partial charge in [0.25, 0.3) is 5.91 Å². The number of hydrogen-bond donors (Lipinski definition) is 4. The van der Waals surface area contributed by atoms with Gasteiger partial charge in [0.1, 0.15) is 12.3 Å². The minimum absolute atomic E-state index is 0.0227. The number of aromatic nitrogens is 2. The molecule has 2 atom stereocenters. The monoisotopic (exact) mass is 541 g/mol. The number of aliphatic hydroxyl groups is 1. The molecular formula is C28H36ClN5O4. The van der Waals surface area contributed by atoms with Gasteiger partial charge in [-0.05, 0) is 68.1 Å². The zero-order chi connectivity index (χ0) is 27.7. The van der Waals surface area contributed by atoms with Gasteiger partial charge in [0, 0.05) is 35.9 Å². The van der Waals surface area contributed by atoms with Crippen molar-refractivity contribution in [1.29, 1.82) is 0 Å². The Morgan fingerprint density at radius 3 is 2.37 bits per heavy atom. The lowest BCUT2D eigenvalue weighted by Gasteiger charge is -2.18. The van der Waals surface area contributed by atoms with E-state index < -0.39 is 6.09 Å². The number of likely N-dealkylation sites (N-methyl/N-ethyl adjacent to an activating group) is 1. The van der Waals surface area contributed by atoms with Gasteiger partial charge in [0.05, 0.1) is 12.3 Å². The smallest absolute Gasteiger partial charge is 0.411 e. The van der Waals surface area contributed by atoms with Crippen LogP contribution in [0.25, 0.3) is 0 Å².